The molecule has 0 spiro atoms. The van der Waals surface area contributed by atoms with Crippen LogP contribution in [0.1, 0.15) is 175 Å². The predicted molar refractivity (Wildman–Crippen MR) is 252 cm³/mol. The molecule has 0 bridgehead atoms. The lowest BCUT2D eigenvalue weighted by Crippen LogP contribution is -2.10. The summed E-state index contributed by atoms with van der Waals surface area (Å²) < 4.78 is 29.4. The highest BCUT2D eigenvalue weighted by Gasteiger charge is 2.17. The number of ether oxygens (including phenoxy) is 4. The number of unbranched alkanes of at least 4 members (excludes halogenated alkanes) is 17. The zero-order valence-corrected chi connectivity index (χ0v) is 38.2. The number of carbonyl (C=O) groups is 2. The van der Waals surface area contributed by atoms with E-state index in [4.69, 9.17) is 23.5 Å². The van der Waals surface area contributed by atoms with Gasteiger partial charge in [0, 0.05) is 11.1 Å². The molecule has 0 amide bonds. The second kappa shape index (κ2) is 28.3. The van der Waals surface area contributed by atoms with Gasteiger partial charge in [0.1, 0.15) is 11.5 Å². The van der Waals surface area contributed by atoms with Gasteiger partial charge < -0.3 is 23.5 Å². The second-order valence-electron chi connectivity index (χ2n) is 16.6. The van der Waals surface area contributed by atoms with Crippen LogP contribution in [-0.4, -0.2) is 35.3 Å². The van der Waals surface area contributed by atoms with Crippen LogP contribution in [0.4, 0.5) is 0 Å². The Morgan fingerprint density at radius 2 is 0.937 bits per heavy atom. The molecule has 5 rings (SSSR count). The van der Waals surface area contributed by atoms with E-state index in [0.29, 0.717) is 70.2 Å². The van der Waals surface area contributed by atoms with Gasteiger partial charge in [0.15, 0.2) is 11.5 Å². The standard InChI is InChI=1S/C54H70N2O7/c1-4-7-10-13-15-17-19-22-39-59-49-38-33-46(41-50(49)60-40-23-20-18-16-14-11-8-5-2)54(58)62-47-34-29-43(30-35-47)51-55-52(63-56-51)44-31-36-48(37-32-44)61-53(57)45-27-25-42(26-28-45)24-21-12-9-6-3/h25-38,41H,4-24,39-40H2,1-3H3. The van der Waals surface area contributed by atoms with Gasteiger partial charge >= 0.3 is 11.9 Å². The molecule has 0 fully saturated rings. The Hall–Kier alpha value is -5.44. The van der Waals surface area contributed by atoms with Crippen LogP contribution >= 0.6 is 0 Å². The van der Waals surface area contributed by atoms with E-state index in [9.17, 15) is 9.59 Å². The third kappa shape index (κ3) is 17.3. The van der Waals surface area contributed by atoms with Crippen LogP contribution in [0.15, 0.2) is 95.5 Å². The molecule has 0 aliphatic carbocycles. The van der Waals surface area contributed by atoms with E-state index in [1.54, 1.807) is 60.7 Å². The molecule has 0 N–H and O–H groups in total. The highest BCUT2D eigenvalue weighted by atomic mass is 16.5. The van der Waals surface area contributed by atoms with E-state index in [-0.39, 0.29) is 0 Å². The van der Waals surface area contributed by atoms with Crippen LogP contribution in [0, 0.1) is 0 Å². The average Bonchev–Trinajstić information content (AvgIpc) is 3.81. The summed E-state index contributed by atoms with van der Waals surface area (Å²) in [5.74, 6) is 1.82. The summed E-state index contributed by atoms with van der Waals surface area (Å²) in [4.78, 5) is 30.7. The molecule has 9 nitrogen and oxygen atoms in total. The van der Waals surface area contributed by atoms with Gasteiger partial charge in [0.2, 0.25) is 5.82 Å². The zero-order chi connectivity index (χ0) is 44.3. The maximum atomic E-state index is 13.4. The van der Waals surface area contributed by atoms with Crippen molar-refractivity contribution in [1.82, 2.24) is 10.1 Å². The van der Waals surface area contributed by atoms with Gasteiger partial charge in [-0.15, -0.1) is 0 Å². The Morgan fingerprint density at radius 3 is 1.49 bits per heavy atom. The fraction of sp³-hybridized carbons (Fsp3) is 0.481. The Morgan fingerprint density at radius 1 is 0.476 bits per heavy atom. The molecule has 0 aliphatic rings. The largest absolute Gasteiger partial charge is 0.490 e. The summed E-state index contributed by atoms with van der Waals surface area (Å²) in [6, 6.07) is 26.8. The van der Waals surface area contributed by atoms with Crippen molar-refractivity contribution in [2.75, 3.05) is 13.2 Å². The van der Waals surface area contributed by atoms with E-state index in [1.807, 2.05) is 30.3 Å². The molecule has 0 saturated carbocycles. The van der Waals surface area contributed by atoms with Gasteiger partial charge in [-0.1, -0.05) is 147 Å². The Balaban J connectivity index is 1.12. The molecule has 0 unspecified atom stereocenters. The van der Waals surface area contributed by atoms with Gasteiger partial charge in [-0.25, -0.2) is 9.59 Å². The van der Waals surface area contributed by atoms with Crippen molar-refractivity contribution in [2.24, 2.45) is 0 Å². The zero-order valence-electron chi connectivity index (χ0n) is 38.2. The highest BCUT2D eigenvalue weighted by molar-refractivity contribution is 5.92. The van der Waals surface area contributed by atoms with Crippen LogP contribution in [-0.2, 0) is 6.42 Å². The van der Waals surface area contributed by atoms with Crippen molar-refractivity contribution in [3.63, 3.8) is 0 Å². The molecule has 4 aromatic carbocycles. The summed E-state index contributed by atoms with van der Waals surface area (Å²) in [7, 11) is 0. The van der Waals surface area contributed by atoms with Crippen molar-refractivity contribution in [2.45, 2.75) is 156 Å². The third-order valence-corrected chi connectivity index (χ3v) is 11.3. The molecule has 338 valence electrons. The summed E-state index contributed by atoms with van der Waals surface area (Å²) in [6.07, 6.45) is 25.4. The van der Waals surface area contributed by atoms with E-state index >= 15 is 0 Å². The van der Waals surface area contributed by atoms with Crippen LogP contribution in [0.25, 0.3) is 22.8 Å². The third-order valence-electron chi connectivity index (χ3n) is 11.3. The predicted octanol–water partition coefficient (Wildman–Crippen LogP) is 15.0. The van der Waals surface area contributed by atoms with Crippen molar-refractivity contribution in [1.29, 1.82) is 0 Å². The van der Waals surface area contributed by atoms with Crippen LogP contribution in [0.5, 0.6) is 23.0 Å². The van der Waals surface area contributed by atoms with E-state index < -0.39 is 11.9 Å². The molecular formula is C54H70N2O7. The quantitative estimate of drug-likeness (QED) is 0.0244. The maximum absolute atomic E-state index is 13.4. The smallest absolute Gasteiger partial charge is 0.343 e. The minimum atomic E-state index is -0.489. The van der Waals surface area contributed by atoms with E-state index in [0.717, 1.165) is 38.5 Å². The maximum Gasteiger partial charge on any atom is 0.343 e. The highest BCUT2D eigenvalue weighted by Crippen LogP contribution is 2.31. The molecule has 0 atom stereocenters. The summed E-state index contributed by atoms with van der Waals surface area (Å²) in [6.45, 7) is 7.87. The fourth-order valence-corrected chi connectivity index (χ4v) is 7.39. The molecule has 1 aromatic heterocycles. The monoisotopic (exact) mass is 859 g/mol. The number of esters is 2. The molecule has 0 radical (unpaired) electrons. The van der Waals surface area contributed by atoms with E-state index in [1.165, 1.54) is 102 Å². The fourth-order valence-electron chi connectivity index (χ4n) is 7.39. The first kappa shape index (κ1) is 48.6. The number of aryl methyl sites for hydroxylation is 1. The lowest BCUT2D eigenvalue weighted by Gasteiger charge is -2.14. The molecule has 9 heteroatoms. The van der Waals surface area contributed by atoms with Crippen LogP contribution < -0.4 is 18.9 Å². The molecule has 1 heterocycles. The molecule has 0 aliphatic heterocycles. The topological polar surface area (TPSA) is 110 Å². The van der Waals surface area contributed by atoms with Gasteiger partial charge in [-0.05, 0) is 110 Å². The number of aromatic nitrogens is 2. The number of hydrogen-bond donors (Lipinski definition) is 0. The molecular weight excluding hydrogens is 789 g/mol. The van der Waals surface area contributed by atoms with Crippen molar-refractivity contribution in [3.8, 4) is 45.8 Å². The first-order chi connectivity index (χ1) is 31.0. The van der Waals surface area contributed by atoms with E-state index in [2.05, 4.69) is 30.9 Å². The minimum Gasteiger partial charge on any atom is -0.490 e. The number of hydrogen-bond acceptors (Lipinski definition) is 9. The summed E-state index contributed by atoms with van der Waals surface area (Å²) in [5.41, 5.74) is 3.48. The number of benzene rings is 4. The van der Waals surface area contributed by atoms with Gasteiger partial charge in [0.25, 0.3) is 5.89 Å². The molecule has 63 heavy (non-hydrogen) atoms. The molecule has 0 saturated heterocycles. The minimum absolute atomic E-state index is 0.318. The SMILES string of the molecule is CCCCCCCCCCOc1ccc(C(=O)Oc2ccc(-c3noc(-c4ccc(OC(=O)c5ccc(CCCCCC)cc5)cc4)n3)cc2)cc1OCCCCCCCCCC. The average molecular weight is 859 g/mol. The number of nitrogens with zero attached hydrogens (tertiary/aromatic N) is 2. The second-order valence-corrected chi connectivity index (χ2v) is 16.6. The van der Waals surface area contributed by atoms with Gasteiger partial charge in [-0.2, -0.15) is 4.98 Å². The lowest BCUT2D eigenvalue weighted by atomic mass is 10.0. The van der Waals surface area contributed by atoms with Crippen LogP contribution in [0.3, 0.4) is 0 Å². The normalized spacial score (nSPS) is 11.1. The Bertz CT molecular complexity index is 2040. The van der Waals surface area contributed by atoms with Gasteiger partial charge in [0.05, 0.1) is 24.3 Å². The molecule has 5 aromatic rings. The summed E-state index contributed by atoms with van der Waals surface area (Å²) >= 11 is 0. The lowest BCUT2D eigenvalue weighted by molar-refractivity contribution is 0.0725. The Labute approximate surface area is 376 Å². The van der Waals surface area contributed by atoms with Crippen molar-refractivity contribution < 1.29 is 33.1 Å². The summed E-state index contributed by atoms with van der Waals surface area (Å²) in [5, 5.41) is 4.16. The first-order valence-electron chi connectivity index (χ1n) is 23.9. The number of carbonyl (C=O) groups excluding carboxylic acids is 2. The van der Waals surface area contributed by atoms with Crippen molar-refractivity contribution in [3.05, 3.63) is 108 Å². The van der Waals surface area contributed by atoms with Crippen LogP contribution in [0.2, 0.25) is 0 Å². The Kier molecular flexibility index (Phi) is 21.8. The van der Waals surface area contributed by atoms with Gasteiger partial charge in [-0.3, -0.25) is 0 Å². The van der Waals surface area contributed by atoms with Crippen molar-refractivity contribution >= 4 is 11.9 Å². The first-order valence-corrected chi connectivity index (χ1v) is 23.9. The number of rotatable bonds is 31.